The Bertz CT molecular complexity index is 3230. The molecule has 9 rings (SSSR count). The van der Waals surface area contributed by atoms with E-state index < -0.39 is 60.4 Å². The second-order valence-corrected chi connectivity index (χ2v) is 11.8. The molecule has 0 unspecified atom stereocenters. The van der Waals surface area contributed by atoms with E-state index in [1.807, 2.05) is 60.7 Å². The highest BCUT2D eigenvalue weighted by molar-refractivity contribution is 7.26. The number of anilines is 3. The van der Waals surface area contributed by atoms with Gasteiger partial charge in [-0.1, -0.05) is 121 Å². The van der Waals surface area contributed by atoms with E-state index in [2.05, 4.69) is 12.1 Å². The van der Waals surface area contributed by atoms with Crippen molar-refractivity contribution in [3.8, 4) is 22.3 Å². The first-order chi connectivity index (χ1) is 28.2. The van der Waals surface area contributed by atoms with Gasteiger partial charge in [0, 0.05) is 37.2 Å². The highest BCUT2D eigenvalue weighted by Gasteiger charge is 2.18. The van der Waals surface area contributed by atoms with Crippen molar-refractivity contribution >= 4 is 70.1 Å². The van der Waals surface area contributed by atoms with E-state index in [0.717, 1.165) is 33.2 Å². The third-order valence-corrected chi connectivity index (χ3v) is 9.18. The van der Waals surface area contributed by atoms with Crippen LogP contribution in [0.2, 0.25) is 0 Å². The first kappa shape index (κ1) is 16.6. The molecule has 2 heteroatoms. The van der Waals surface area contributed by atoms with E-state index in [-0.39, 0.29) is 65.9 Å². The van der Waals surface area contributed by atoms with Crippen LogP contribution in [0.15, 0.2) is 176 Å². The van der Waals surface area contributed by atoms with Crippen molar-refractivity contribution < 1.29 is 17.8 Å². The Morgan fingerprint density at radius 2 is 1.20 bits per heavy atom. The molecule has 216 valence electrons. The van der Waals surface area contributed by atoms with Gasteiger partial charge in [0.25, 0.3) is 0 Å². The summed E-state index contributed by atoms with van der Waals surface area (Å²) in [6.07, 6.45) is 0. The average molecular weight is 617 g/mol. The summed E-state index contributed by atoms with van der Waals surface area (Å²) in [7, 11) is 0. The Hall–Kier alpha value is -5.70. The first-order valence-electron chi connectivity index (χ1n) is 21.1. The molecule has 0 aliphatic carbocycles. The lowest BCUT2D eigenvalue weighted by Crippen LogP contribution is -2.09. The number of hydrogen-bond donors (Lipinski definition) is 0. The van der Waals surface area contributed by atoms with Gasteiger partial charge in [-0.2, -0.15) is 0 Å². The molecule has 9 aromatic rings. The monoisotopic (exact) mass is 616 g/mol. The van der Waals surface area contributed by atoms with Crippen molar-refractivity contribution in [2.75, 3.05) is 4.90 Å². The number of benzene rings is 8. The predicted molar refractivity (Wildman–Crippen MR) is 200 cm³/mol. The Morgan fingerprint density at radius 3 is 2.04 bits per heavy atom. The van der Waals surface area contributed by atoms with Crippen molar-refractivity contribution in [1.82, 2.24) is 0 Å². The molecule has 0 saturated heterocycles. The third kappa shape index (κ3) is 4.54. The summed E-state index contributed by atoms with van der Waals surface area (Å²) < 4.78 is 117. The number of fused-ring (bicyclic) bond motifs is 6. The van der Waals surface area contributed by atoms with Gasteiger partial charge in [0.05, 0.1) is 17.8 Å². The summed E-state index contributed by atoms with van der Waals surface area (Å²) >= 11 is 0.906. The zero-order chi connectivity index (χ0) is 41.8. The maximum Gasteiger partial charge on any atom is 0.0652 e. The molecule has 0 atom stereocenters. The molecule has 0 N–H and O–H groups in total. The number of para-hydroxylation sites is 1. The van der Waals surface area contributed by atoms with E-state index in [9.17, 15) is 5.48 Å². The van der Waals surface area contributed by atoms with E-state index >= 15 is 0 Å². The minimum Gasteiger partial charge on any atom is -0.310 e. The molecule has 1 nitrogen and oxygen atoms in total. The summed E-state index contributed by atoms with van der Waals surface area (Å²) in [6, 6.07) is 24.0. The zero-order valence-electron chi connectivity index (χ0n) is 37.1. The summed E-state index contributed by atoms with van der Waals surface area (Å²) in [5, 5.41) is 1.95. The van der Waals surface area contributed by atoms with Crippen LogP contribution in [0.5, 0.6) is 0 Å². The highest BCUT2D eigenvalue weighted by atomic mass is 32.1. The van der Waals surface area contributed by atoms with E-state index in [4.69, 9.17) is 12.3 Å². The molecular formula is C44H29NS. The van der Waals surface area contributed by atoms with Gasteiger partial charge >= 0.3 is 0 Å². The summed E-state index contributed by atoms with van der Waals surface area (Å²) in [4.78, 5) is 1.69. The van der Waals surface area contributed by atoms with Crippen molar-refractivity contribution in [2.45, 2.75) is 0 Å². The van der Waals surface area contributed by atoms with E-state index in [0.29, 0.717) is 11.4 Å². The molecule has 0 aliphatic heterocycles. The molecule has 0 bridgehead atoms. The average Bonchev–Trinajstić information content (AvgIpc) is 3.65. The minimum atomic E-state index is -0.674. The Kier molecular flexibility index (Phi) is 3.97. The fourth-order valence-corrected chi connectivity index (χ4v) is 7.04. The van der Waals surface area contributed by atoms with E-state index in [1.165, 1.54) is 0 Å². The molecule has 0 saturated carbocycles. The van der Waals surface area contributed by atoms with Crippen molar-refractivity contribution in [1.29, 1.82) is 0 Å². The highest BCUT2D eigenvalue weighted by Crippen LogP contribution is 2.46. The number of thiophene rings is 1. The maximum atomic E-state index is 9.95. The van der Waals surface area contributed by atoms with Crippen LogP contribution in [0.25, 0.3) is 64.0 Å². The van der Waals surface area contributed by atoms with Crippen molar-refractivity contribution in [3.63, 3.8) is 0 Å². The fourth-order valence-electron chi connectivity index (χ4n) is 5.91. The lowest BCUT2D eigenvalue weighted by Gasteiger charge is -2.26. The SMILES string of the molecule is [2H]c1c([2H])c([2H])c(-c2c([2H])c3c([2H])c([2H])c([2H])c([2H])c3c3sc4c([2H])c([2H])c(N(c5ccccc5)c5ccc(-c6ccc7ccccc7c6)cc5)c([2H])c4c23)c([2H])c1[2H]. The molecule has 1 heterocycles. The van der Waals surface area contributed by atoms with Gasteiger partial charge in [0.15, 0.2) is 0 Å². The molecule has 0 radical (unpaired) electrons. The van der Waals surface area contributed by atoms with Crippen LogP contribution in [0, 0.1) is 0 Å². The van der Waals surface area contributed by atoms with Crippen molar-refractivity contribution in [3.05, 3.63) is 176 Å². The Balaban J connectivity index is 1.40. The second kappa shape index (κ2) is 11.0. The number of hydrogen-bond acceptors (Lipinski definition) is 2. The van der Waals surface area contributed by atoms with Crippen LogP contribution < -0.4 is 4.90 Å². The number of rotatable bonds is 5. The third-order valence-electron chi connectivity index (χ3n) is 8.06. The minimum absolute atomic E-state index is 0.000424. The molecule has 0 spiro atoms. The van der Waals surface area contributed by atoms with Crippen molar-refractivity contribution in [2.24, 2.45) is 0 Å². The largest absolute Gasteiger partial charge is 0.310 e. The molecular weight excluding hydrogens is 575 g/mol. The molecule has 1 aromatic heterocycles. The fraction of sp³-hybridized carbons (Fsp3) is 0. The summed E-state index contributed by atoms with van der Waals surface area (Å²) in [5.41, 5.74) is 2.42. The van der Waals surface area contributed by atoms with Gasteiger partial charge in [0.1, 0.15) is 0 Å². The van der Waals surface area contributed by atoms with Crippen LogP contribution in [0.1, 0.15) is 17.8 Å². The van der Waals surface area contributed by atoms with Gasteiger partial charge in [0.2, 0.25) is 0 Å². The van der Waals surface area contributed by atoms with Crippen LogP contribution in [-0.4, -0.2) is 0 Å². The number of nitrogens with zero attached hydrogens (tertiary/aromatic N) is 1. The molecule has 8 aromatic carbocycles. The van der Waals surface area contributed by atoms with Gasteiger partial charge < -0.3 is 4.90 Å². The summed E-state index contributed by atoms with van der Waals surface area (Å²) in [6.45, 7) is 0. The second-order valence-electron chi connectivity index (χ2n) is 10.8. The van der Waals surface area contributed by atoms with E-state index in [1.54, 1.807) is 29.2 Å². The van der Waals surface area contributed by atoms with Gasteiger partial charge in [-0.3, -0.25) is 0 Å². The van der Waals surface area contributed by atoms with Gasteiger partial charge in [-0.25, -0.2) is 0 Å². The standard InChI is InChI=1S/C44H29NS/c1-3-12-32(13-4-1)40-28-35-15-9-10-18-39(35)44-43(40)41-29-38(25-26-42(41)46-44)45(36-16-5-2-6-17-36)37-23-21-31(22-24-37)34-20-19-30-11-7-8-14-33(30)27-34/h1-29H/i1D,3D,4D,9D,10D,12D,13D,15D,18D,25D,26D,28D,29D. The molecule has 0 fully saturated rings. The van der Waals surface area contributed by atoms with Gasteiger partial charge in [-0.15, -0.1) is 11.3 Å². The van der Waals surface area contributed by atoms with Crippen LogP contribution >= 0.6 is 11.3 Å². The molecule has 0 aliphatic rings. The normalized spacial score (nSPS) is 15.4. The molecule has 46 heavy (non-hydrogen) atoms. The lowest BCUT2D eigenvalue weighted by molar-refractivity contribution is 1.29. The Morgan fingerprint density at radius 1 is 0.478 bits per heavy atom. The van der Waals surface area contributed by atoms with Crippen LogP contribution in [0.3, 0.4) is 0 Å². The van der Waals surface area contributed by atoms with Gasteiger partial charge in [-0.05, 0) is 98.3 Å². The predicted octanol–water partition coefficient (Wildman–Crippen LogP) is 13.2. The van der Waals surface area contributed by atoms with Crippen LogP contribution in [0.4, 0.5) is 17.1 Å². The zero-order valence-corrected chi connectivity index (χ0v) is 24.9. The first-order valence-corrected chi connectivity index (χ1v) is 15.4. The Labute approximate surface area is 290 Å². The topological polar surface area (TPSA) is 3.24 Å². The lowest BCUT2D eigenvalue weighted by atomic mass is 9.95. The maximum absolute atomic E-state index is 9.95. The van der Waals surface area contributed by atoms with Crippen LogP contribution in [-0.2, 0) is 0 Å². The quantitative estimate of drug-likeness (QED) is 0.186. The summed E-state index contributed by atoms with van der Waals surface area (Å²) in [5.74, 6) is 0. The molecule has 0 amide bonds. The smallest absolute Gasteiger partial charge is 0.0652 e.